The predicted octanol–water partition coefficient (Wildman–Crippen LogP) is 4.74. The van der Waals surface area contributed by atoms with Crippen LogP contribution in [-0.4, -0.2) is 24.5 Å². The molecule has 0 atom stereocenters. The number of anilines is 1. The minimum Gasteiger partial charge on any atom is -0.507 e. The maximum absolute atomic E-state index is 12.4. The molecule has 0 aliphatic rings. The van der Waals surface area contributed by atoms with Gasteiger partial charge in [0.1, 0.15) is 11.5 Å². The van der Waals surface area contributed by atoms with Crippen molar-refractivity contribution in [2.45, 2.75) is 27.2 Å². The molecule has 0 spiro atoms. The number of rotatable bonds is 7. The molecule has 0 aliphatic carbocycles. The number of allylic oxidation sites excluding steroid dienone is 1. The SMILES string of the molecule is CCCOc1c(/C=C/C(=O)c2ccc(NC)cc2)cc(C)c(O)c1C. The molecule has 2 aromatic carbocycles. The molecule has 132 valence electrons. The zero-order valence-electron chi connectivity index (χ0n) is 15.2. The van der Waals surface area contributed by atoms with Crippen molar-refractivity contribution in [2.75, 3.05) is 19.0 Å². The van der Waals surface area contributed by atoms with E-state index in [0.717, 1.165) is 23.2 Å². The third kappa shape index (κ3) is 4.41. The molecule has 0 fully saturated rings. The minimum atomic E-state index is -0.0764. The van der Waals surface area contributed by atoms with E-state index in [0.29, 0.717) is 23.5 Å². The van der Waals surface area contributed by atoms with Crippen molar-refractivity contribution >= 4 is 17.5 Å². The van der Waals surface area contributed by atoms with Gasteiger partial charge in [0.2, 0.25) is 0 Å². The summed E-state index contributed by atoms with van der Waals surface area (Å²) in [6.07, 6.45) is 4.16. The van der Waals surface area contributed by atoms with Gasteiger partial charge in [0, 0.05) is 29.4 Å². The first-order chi connectivity index (χ1) is 12.0. The van der Waals surface area contributed by atoms with E-state index in [2.05, 4.69) is 5.32 Å². The van der Waals surface area contributed by atoms with Gasteiger partial charge in [-0.15, -0.1) is 0 Å². The number of aromatic hydroxyl groups is 1. The smallest absolute Gasteiger partial charge is 0.185 e. The molecule has 4 nitrogen and oxygen atoms in total. The second-order valence-electron chi connectivity index (χ2n) is 5.96. The lowest BCUT2D eigenvalue weighted by molar-refractivity contribution is 0.104. The second-order valence-corrected chi connectivity index (χ2v) is 5.96. The molecule has 0 saturated heterocycles. The number of ketones is 1. The third-order valence-corrected chi connectivity index (χ3v) is 4.03. The van der Waals surface area contributed by atoms with Crippen molar-refractivity contribution in [3.8, 4) is 11.5 Å². The largest absolute Gasteiger partial charge is 0.507 e. The number of aryl methyl sites for hydroxylation is 1. The molecule has 0 heterocycles. The fourth-order valence-electron chi connectivity index (χ4n) is 2.57. The van der Waals surface area contributed by atoms with Gasteiger partial charge in [0.25, 0.3) is 0 Å². The Kier molecular flexibility index (Phi) is 6.23. The topological polar surface area (TPSA) is 58.6 Å². The van der Waals surface area contributed by atoms with Crippen molar-refractivity contribution < 1.29 is 14.6 Å². The number of benzene rings is 2. The summed E-state index contributed by atoms with van der Waals surface area (Å²) in [6, 6.07) is 9.15. The Morgan fingerprint density at radius 1 is 1.24 bits per heavy atom. The number of nitrogens with one attached hydrogen (secondary N) is 1. The van der Waals surface area contributed by atoms with Crippen LogP contribution in [0.15, 0.2) is 36.4 Å². The number of carbonyl (C=O) groups is 1. The lowest BCUT2D eigenvalue weighted by Crippen LogP contribution is -2.01. The van der Waals surface area contributed by atoms with E-state index in [1.807, 2.05) is 46.0 Å². The van der Waals surface area contributed by atoms with Crippen LogP contribution in [0, 0.1) is 13.8 Å². The van der Waals surface area contributed by atoms with Gasteiger partial charge in [-0.2, -0.15) is 0 Å². The quantitative estimate of drug-likeness (QED) is 0.565. The Morgan fingerprint density at radius 2 is 1.92 bits per heavy atom. The first-order valence-electron chi connectivity index (χ1n) is 8.44. The Morgan fingerprint density at radius 3 is 2.52 bits per heavy atom. The van der Waals surface area contributed by atoms with E-state index in [1.54, 1.807) is 24.3 Å². The average molecular weight is 339 g/mol. The lowest BCUT2D eigenvalue weighted by atomic mass is 10.0. The highest BCUT2D eigenvalue weighted by atomic mass is 16.5. The Hall–Kier alpha value is -2.75. The van der Waals surface area contributed by atoms with Crippen LogP contribution in [0.2, 0.25) is 0 Å². The number of hydrogen-bond acceptors (Lipinski definition) is 4. The molecule has 2 aromatic rings. The van der Waals surface area contributed by atoms with Gasteiger partial charge >= 0.3 is 0 Å². The summed E-state index contributed by atoms with van der Waals surface area (Å²) in [5.41, 5.74) is 3.83. The van der Waals surface area contributed by atoms with E-state index >= 15 is 0 Å². The zero-order chi connectivity index (χ0) is 18.4. The summed E-state index contributed by atoms with van der Waals surface area (Å²) in [5.74, 6) is 0.782. The summed E-state index contributed by atoms with van der Waals surface area (Å²) in [6.45, 7) is 6.24. The molecule has 0 radical (unpaired) electrons. The van der Waals surface area contributed by atoms with E-state index in [4.69, 9.17) is 4.74 Å². The van der Waals surface area contributed by atoms with Gasteiger partial charge < -0.3 is 15.2 Å². The molecule has 0 unspecified atom stereocenters. The van der Waals surface area contributed by atoms with Crippen LogP contribution >= 0.6 is 0 Å². The monoisotopic (exact) mass is 339 g/mol. The van der Waals surface area contributed by atoms with Gasteiger partial charge in [-0.25, -0.2) is 0 Å². The number of phenolic OH excluding ortho intramolecular Hbond substituents is 1. The number of phenols is 1. The first-order valence-corrected chi connectivity index (χ1v) is 8.44. The minimum absolute atomic E-state index is 0.0764. The van der Waals surface area contributed by atoms with Crippen LogP contribution in [0.5, 0.6) is 11.5 Å². The summed E-state index contributed by atoms with van der Waals surface area (Å²) in [5, 5.41) is 13.2. The molecule has 2 rings (SSSR count). The van der Waals surface area contributed by atoms with E-state index in [1.165, 1.54) is 0 Å². The first kappa shape index (κ1) is 18.6. The van der Waals surface area contributed by atoms with E-state index in [-0.39, 0.29) is 11.5 Å². The van der Waals surface area contributed by atoms with Gasteiger partial charge in [-0.3, -0.25) is 4.79 Å². The summed E-state index contributed by atoms with van der Waals surface area (Å²) in [4.78, 5) is 12.4. The van der Waals surface area contributed by atoms with Gasteiger partial charge in [-0.05, 0) is 68.3 Å². The molecule has 4 heteroatoms. The number of carbonyl (C=O) groups excluding carboxylic acids is 1. The van der Waals surface area contributed by atoms with Crippen molar-refractivity contribution in [3.63, 3.8) is 0 Å². The third-order valence-electron chi connectivity index (χ3n) is 4.03. The lowest BCUT2D eigenvalue weighted by Gasteiger charge is -2.14. The summed E-state index contributed by atoms with van der Waals surface area (Å²) < 4.78 is 5.79. The van der Waals surface area contributed by atoms with Gasteiger partial charge in [-0.1, -0.05) is 6.92 Å². The highest BCUT2D eigenvalue weighted by Gasteiger charge is 2.13. The normalized spacial score (nSPS) is 10.9. The van der Waals surface area contributed by atoms with Crippen LogP contribution < -0.4 is 10.1 Å². The molecule has 0 amide bonds. The molecule has 0 saturated carbocycles. The van der Waals surface area contributed by atoms with Crippen LogP contribution in [0.4, 0.5) is 5.69 Å². The molecular weight excluding hydrogens is 314 g/mol. The van der Waals surface area contributed by atoms with Crippen LogP contribution in [0.25, 0.3) is 6.08 Å². The van der Waals surface area contributed by atoms with Crippen molar-refractivity contribution in [3.05, 3.63) is 58.7 Å². The zero-order valence-corrected chi connectivity index (χ0v) is 15.2. The molecule has 25 heavy (non-hydrogen) atoms. The molecule has 2 N–H and O–H groups in total. The average Bonchev–Trinajstić information content (AvgIpc) is 2.63. The summed E-state index contributed by atoms with van der Waals surface area (Å²) in [7, 11) is 1.84. The van der Waals surface area contributed by atoms with E-state index < -0.39 is 0 Å². The van der Waals surface area contributed by atoms with Crippen molar-refractivity contribution in [1.29, 1.82) is 0 Å². The van der Waals surface area contributed by atoms with Crippen LogP contribution in [-0.2, 0) is 0 Å². The highest BCUT2D eigenvalue weighted by Crippen LogP contribution is 2.35. The number of hydrogen-bond donors (Lipinski definition) is 2. The predicted molar refractivity (Wildman–Crippen MR) is 103 cm³/mol. The molecule has 0 bridgehead atoms. The Balaban J connectivity index is 2.30. The maximum Gasteiger partial charge on any atom is 0.185 e. The fourth-order valence-corrected chi connectivity index (χ4v) is 2.57. The Labute approximate surface area is 149 Å². The van der Waals surface area contributed by atoms with Crippen molar-refractivity contribution in [2.24, 2.45) is 0 Å². The van der Waals surface area contributed by atoms with E-state index in [9.17, 15) is 9.90 Å². The summed E-state index contributed by atoms with van der Waals surface area (Å²) >= 11 is 0. The van der Waals surface area contributed by atoms with Crippen molar-refractivity contribution in [1.82, 2.24) is 0 Å². The number of ether oxygens (including phenoxy) is 1. The fraction of sp³-hybridized carbons (Fsp3) is 0.286. The maximum atomic E-state index is 12.4. The van der Waals surface area contributed by atoms with Crippen LogP contribution in [0.1, 0.15) is 40.4 Å². The second kappa shape index (κ2) is 8.38. The standard InChI is InChI=1S/C21H25NO3/c1-5-12-25-21-15(3)20(24)14(2)13-17(21)8-11-19(23)16-6-9-18(22-4)10-7-16/h6-11,13,22,24H,5,12H2,1-4H3/b11-8+. The van der Waals surface area contributed by atoms with Crippen LogP contribution in [0.3, 0.4) is 0 Å². The van der Waals surface area contributed by atoms with Gasteiger partial charge in [0.15, 0.2) is 5.78 Å². The molecular formula is C21H25NO3. The Bertz CT molecular complexity index is 777. The van der Waals surface area contributed by atoms with Gasteiger partial charge in [0.05, 0.1) is 6.61 Å². The molecule has 0 aromatic heterocycles. The molecule has 0 aliphatic heterocycles. The highest BCUT2D eigenvalue weighted by molar-refractivity contribution is 6.07.